The van der Waals surface area contributed by atoms with Crippen LogP contribution in [-0.2, 0) is 4.74 Å². The minimum atomic E-state index is -0.368. The summed E-state index contributed by atoms with van der Waals surface area (Å²) in [4.78, 5) is 15.3. The van der Waals surface area contributed by atoms with Gasteiger partial charge in [0.2, 0.25) is 0 Å². The van der Waals surface area contributed by atoms with E-state index < -0.39 is 0 Å². The Labute approximate surface area is 80.5 Å². The van der Waals surface area contributed by atoms with E-state index in [1.165, 1.54) is 7.11 Å². The minimum absolute atomic E-state index is 0.368. The molecule has 14 heavy (non-hydrogen) atoms. The highest BCUT2D eigenvalue weighted by atomic mass is 16.5. The van der Waals surface area contributed by atoms with Gasteiger partial charge in [-0.3, -0.25) is 0 Å². The van der Waals surface area contributed by atoms with Crippen LogP contribution in [0.1, 0.15) is 16.2 Å². The lowest BCUT2D eigenvalue weighted by Gasteiger charge is -1.96. The van der Waals surface area contributed by atoms with E-state index in [1.807, 2.05) is 0 Å². The fraction of sp³-hybridized carbons (Fsp3) is 0.200. The molecule has 0 fully saturated rings. The molecule has 0 amide bonds. The normalized spacial score (nSPS) is 10.4. The summed E-state index contributed by atoms with van der Waals surface area (Å²) in [5.41, 5.74) is 1.83. The highest BCUT2D eigenvalue weighted by molar-refractivity contribution is 5.93. The maximum absolute atomic E-state index is 11.2. The van der Waals surface area contributed by atoms with E-state index in [0.717, 1.165) is 0 Å². The third-order valence-corrected chi connectivity index (χ3v) is 1.92. The molecule has 1 aromatic carbocycles. The molecule has 0 N–H and O–H groups in total. The molecule has 4 heteroatoms. The molecule has 0 aliphatic heterocycles. The van der Waals surface area contributed by atoms with E-state index in [-0.39, 0.29) is 5.97 Å². The van der Waals surface area contributed by atoms with Crippen LogP contribution in [0.3, 0.4) is 0 Å². The predicted molar refractivity (Wildman–Crippen MR) is 50.1 cm³/mol. The van der Waals surface area contributed by atoms with E-state index in [9.17, 15) is 4.79 Å². The average molecular weight is 191 g/mol. The smallest absolute Gasteiger partial charge is 0.337 e. The Bertz CT molecular complexity index is 487. The number of carbonyl (C=O) groups excluding carboxylic acids is 1. The molecule has 0 bridgehead atoms. The van der Waals surface area contributed by atoms with Gasteiger partial charge < -0.3 is 9.15 Å². The van der Waals surface area contributed by atoms with Crippen LogP contribution in [-0.4, -0.2) is 18.1 Å². The molecular weight excluding hydrogens is 182 g/mol. The van der Waals surface area contributed by atoms with Gasteiger partial charge in [-0.25, -0.2) is 9.78 Å². The molecule has 72 valence electrons. The summed E-state index contributed by atoms with van der Waals surface area (Å²) in [6, 6.07) is 5.01. The second-order valence-corrected chi connectivity index (χ2v) is 2.91. The number of ether oxygens (including phenoxy) is 1. The van der Waals surface area contributed by atoms with Crippen molar-refractivity contribution in [1.82, 2.24) is 4.98 Å². The molecule has 0 saturated heterocycles. The van der Waals surface area contributed by atoms with E-state index in [0.29, 0.717) is 22.6 Å². The topological polar surface area (TPSA) is 52.3 Å². The first kappa shape index (κ1) is 8.74. The number of oxazole rings is 1. The fourth-order valence-corrected chi connectivity index (χ4v) is 1.29. The molecular formula is C10H9NO3. The summed E-state index contributed by atoms with van der Waals surface area (Å²) in [5, 5.41) is 0. The zero-order valence-corrected chi connectivity index (χ0v) is 7.90. The third kappa shape index (κ3) is 1.35. The molecule has 0 atom stereocenters. The second kappa shape index (κ2) is 3.14. The van der Waals surface area contributed by atoms with Crippen molar-refractivity contribution < 1.29 is 13.9 Å². The summed E-state index contributed by atoms with van der Waals surface area (Å²) in [6.07, 6.45) is 0. The fourth-order valence-electron chi connectivity index (χ4n) is 1.29. The molecule has 0 saturated carbocycles. The second-order valence-electron chi connectivity index (χ2n) is 2.91. The Balaban J connectivity index is 2.55. The molecule has 2 rings (SSSR count). The van der Waals surface area contributed by atoms with Crippen LogP contribution in [0, 0.1) is 6.92 Å². The lowest BCUT2D eigenvalue weighted by atomic mass is 10.2. The first-order chi connectivity index (χ1) is 6.70. The molecule has 0 radical (unpaired) electrons. The molecule has 0 aliphatic carbocycles. The summed E-state index contributed by atoms with van der Waals surface area (Å²) >= 11 is 0. The van der Waals surface area contributed by atoms with Crippen molar-refractivity contribution in [2.45, 2.75) is 6.92 Å². The lowest BCUT2D eigenvalue weighted by molar-refractivity contribution is 0.0601. The largest absolute Gasteiger partial charge is 0.465 e. The monoisotopic (exact) mass is 191 g/mol. The summed E-state index contributed by atoms with van der Waals surface area (Å²) in [5.74, 6) is 0.217. The molecule has 0 aliphatic rings. The van der Waals surface area contributed by atoms with Gasteiger partial charge in [0.15, 0.2) is 11.5 Å². The number of rotatable bonds is 1. The number of methoxy groups -OCH3 is 1. The first-order valence-electron chi connectivity index (χ1n) is 4.16. The third-order valence-electron chi connectivity index (χ3n) is 1.92. The first-order valence-corrected chi connectivity index (χ1v) is 4.16. The Morgan fingerprint density at radius 3 is 3.00 bits per heavy atom. The number of carbonyl (C=O) groups is 1. The van der Waals surface area contributed by atoms with Gasteiger partial charge in [-0.1, -0.05) is 0 Å². The van der Waals surface area contributed by atoms with Crippen LogP contribution >= 0.6 is 0 Å². The van der Waals surface area contributed by atoms with Crippen molar-refractivity contribution in [3.8, 4) is 0 Å². The number of aryl methyl sites for hydroxylation is 1. The number of aromatic nitrogens is 1. The van der Waals surface area contributed by atoms with Crippen LogP contribution in [0.5, 0.6) is 0 Å². The maximum atomic E-state index is 11.2. The molecule has 4 nitrogen and oxygen atoms in total. The summed E-state index contributed by atoms with van der Waals surface area (Å²) < 4.78 is 9.87. The number of hydrogen-bond acceptors (Lipinski definition) is 4. The standard InChI is InChI=1S/C10H9NO3/c1-6-11-8-5-7(10(12)13-2)3-4-9(8)14-6/h3-5H,1-2H3. The van der Waals surface area contributed by atoms with Crippen LogP contribution in [0.15, 0.2) is 22.6 Å². The van der Waals surface area contributed by atoms with E-state index >= 15 is 0 Å². The lowest BCUT2D eigenvalue weighted by Crippen LogP contribution is -2.00. The van der Waals surface area contributed by atoms with E-state index in [1.54, 1.807) is 25.1 Å². The molecule has 0 spiro atoms. The van der Waals surface area contributed by atoms with Gasteiger partial charge in [0, 0.05) is 6.92 Å². The molecule has 0 unspecified atom stereocenters. The zero-order chi connectivity index (χ0) is 10.1. The highest BCUT2D eigenvalue weighted by Crippen LogP contribution is 2.16. The SMILES string of the molecule is COC(=O)c1ccc2oc(C)nc2c1. The van der Waals surface area contributed by atoms with Crippen molar-refractivity contribution in [2.75, 3.05) is 7.11 Å². The van der Waals surface area contributed by atoms with Crippen LogP contribution < -0.4 is 0 Å². The van der Waals surface area contributed by atoms with Crippen molar-refractivity contribution in [3.63, 3.8) is 0 Å². The number of hydrogen-bond donors (Lipinski definition) is 0. The van der Waals surface area contributed by atoms with E-state index in [2.05, 4.69) is 9.72 Å². The summed E-state index contributed by atoms with van der Waals surface area (Å²) in [7, 11) is 1.35. The average Bonchev–Trinajstić information content (AvgIpc) is 2.55. The van der Waals surface area contributed by atoms with Crippen molar-refractivity contribution in [3.05, 3.63) is 29.7 Å². The van der Waals surface area contributed by atoms with Gasteiger partial charge in [0.25, 0.3) is 0 Å². The van der Waals surface area contributed by atoms with Gasteiger partial charge in [-0.15, -0.1) is 0 Å². The van der Waals surface area contributed by atoms with Gasteiger partial charge in [0.1, 0.15) is 5.52 Å². The van der Waals surface area contributed by atoms with Crippen molar-refractivity contribution in [1.29, 1.82) is 0 Å². The molecule has 1 heterocycles. The Hall–Kier alpha value is -1.84. The number of esters is 1. The van der Waals surface area contributed by atoms with Gasteiger partial charge in [0.05, 0.1) is 12.7 Å². The van der Waals surface area contributed by atoms with Gasteiger partial charge in [-0.2, -0.15) is 0 Å². The van der Waals surface area contributed by atoms with Crippen LogP contribution in [0.25, 0.3) is 11.1 Å². The van der Waals surface area contributed by atoms with Crippen LogP contribution in [0.4, 0.5) is 0 Å². The molecule has 2 aromatic rings. The Morgan fingerprint density at radius 2 is 2.29 bits per heavy atom. The molecule has 1 aromatic heterocycles. The minimum Gasteiger partial charge on any atom is -0.465 e. The predicted octanol–water partition coefficient (Wildman–Crippen LogP) is 1.92. The van der Waals surface area contributed by atoms with E-state index in [4.69, 9.17) is 4.42 Å². The number of fused-ring (bicyclic) bond motifs is 1. The van der Waals surface area contributed by atoms with Crippen molar-refractivity contribution in [2.24, 2.45) is 0 Å². The zero-order valence-electron chi connectivity index (χ0n) is 7.90. The Morgan fingerprint density at radius 1 is 1.50 bits per heavy atom. The highest BCUT2D eigenvalue weighted by Gasteiger charge is 2.08. The van der Waals surface area contributed by atoms with Crippen molar-refractivity contribution >= 4 is 17.1 Å². The quantitative estimate of drug-likeness (QED) is 0.646. The summed E-state index contributed by atoms with van der Waals surface area (Å²) in [6.45, 7) is 1.76. The Kier molecular flexibility index (Phi) is 1.96. The van der Waals surface area contributed by atoms with Gasteiger partial charge in [-0.05, 0) is 18.2 Å². The van der Waals surface area contributed by atoms with Crippen LogP contribution in [0.2, 0.25) is 0 Å². The number of nitrogens with zero attached hydrogens (tertiary/aromatic N) is 1. The number of benzene rings is 1. The van der Waals surface area contributed by atoms with Gasteiger partial charge >= 0.3 is 5.97 Å². The maximum Gasteiger partial charge on any atom is 0.337 e.